The molecule has 2 N–H and O–H groups in total. The van der Waals surface area contributed by atoms with E-state index in [9.17, 15) is 0 Å². The summed E-state index contributed by atoms with van der Waals surface area (Å²) in [5.41, 5.74) is 5.99. The predicted octanol–water partition coefficient (Wildman–Crippen LogP) is 2.64. The number of hydrogen-bond acceptors (Lipinski definition) is 3. The molecule has 2 aliphatic rings. The van der Waals surface area contributed by atoms with Crippen molar-refractivity contribution in [1.82, 2.24) is 4.90 Å². The molecule has 0 aromatic rings. The molecular formula is C16H32N2O. The van der Waals surface area contributed by atoms with E-state index in [-0.39, 0.29) is 0 Å². The van der Waals surface area contributed by atoms with Crippen LogP contribution in [0.1, 0.15) is 51.9 Å². The highest BCUT2D eigenvalue weighted by atomic mass is 16.5. The molecule has 4 atom stereocenters. The highest BCUT2D eigenvalue weighted by molar-refractivity contribution is 4.87. The van der Waals surface area contributed by atoms with Crippen molar-refractivity contribution in [2.75, 3.05) is 26.7 Å². The molecule has 3 heteroatoms. The second-order valence-electron chi connectivity index (χ2n) is 6.58. The van der Waals surface area contributed by atoms with Crippen molar-refractivity contribution in [2.24, 2.45) is 17.6 Å². The molecule has 0 aromatic heterocycles. The van der Waals surface area contributed by atoms with Crippen LogP contribution < -0.4 is 5.73 Å². The second-order valence-corrected chi connectivity index (χ2v) is 6.58. The molecule has 112 valence electrons. The molecule has 3 nitrogen and oxygen atoms in total. The summed E-state index contributed by atoms with van der Waals surface area (Å²) in [5, 5.41) is 0. The van der Waals surface area contributed by atoms with Gasteiger partial charge < -0.3 is 15.4 Å². The number of nitrogens with zero attached hydrogens (tertiary/aromatic N) is 1. The Balaban J connectivity index is 1.88. The van der Waals surface area contributed by atoms with Crippen LogP contribution in [0, 0.1) is 11.8 Å². The lowest BCUT2D eigenvalue weighted by Gasteiger charge is -2.42. The largest absolute Gasteiger partial charge is 0.377 e. The summed E-state index contributed by atoms with van der Waals surface area (Å²) in [6, 6.07) is 0.675. The normalized spacial score (nSPS) is 36.6. The maximum absolute atomic E-state index is 5.99. The molecule has 1 aliphatic heterocycles. The van der Waals surface area contributed by atoms with Crippen LogP contribution in [-0.2, 0) is 4.74 Å². The topological polar surface area (TPSA) is 38.5 Å². The third-order valence-electron chi connectivity index (χ3n) is 5.28. The van der Waals surface area contributed by atoms with Crippen LogP contribution in [0.15, 0.2) is 0 Å². The Bertz CT molecular complexity index is 253. The van der Waals surface area contributed by atoms with Gasteiger partial charge in [0.2, 0.25) is 0 Å². The molecule has 2 fully saturated rings. The minimum atomic E-state index is 0.458. The predicted molar refractivity (Wildman–Crippen MR) is 80.2 cm³/mol. The van der Waals surface area contributed by atoms with Gasteiger partial charge in [-0.05, 0) is 57.5 Å². The molecule has 1 aliphatic carbocycles. The number of likely N-dealkylation sites (N-methyl/N-ethyl adjacent to an activating group) is 1. The zero-order chi connectivity index (χ0) is 13.7. The van der Waals surface area contributed by atoms with Crippen LogP contribution in [0.5, 0.6) is 0 Å². The zero-order valence-corrected chi connectivity index (χ0v) is 12.8. The molecule has 2 rings (SSSR count). The molecular weight excluding hydrogens is 236 g/mol. The van der Waals surface area contributed by atoms with E-state index in [4.69, 9.17) is 10.5 Å². The Hall–Kier alpha value is -0.120. The van der Waals surface area contributed by atoms with Crippen molar-refractivity contribution < 1.29 is 4.74 Å². The molecule has 0 aromatic carbocycles. The van der Waals surface area contributed by atoms with E-state index in [1.807, 2.05) is 0 Å². The Kier molecular flexibility index (Phi) is 6.11. The van der Waals surface area contributed by atoms with Crippen molar-refractivity contribution in [3.8, 4) is 0 Å². The van der Waals surface area contributed by atoms with Crippen LogP contribution in [0.4, 0.5) is 0 Å². The van der Waals surface area contributed by atoms with Crippen molar-refractivity contribution in [3.05, 3.63) is 0 Å². The molecule has 4 unspecified atom stereocenters. The summed E-state index contributed by atoms with van der Waals surface area (Å²) in [6.07, 6.45) is 9.62. The van der Waals surface area contributed by atoms with Crippen molar-refractivity contribution >= 4 is 0 Å². The molecule has 19 heavy (non-hydrogen) atoms. The van der Waals surface area contributed by atoms with Gasteiger partial charge in [-0.1, -0.05) is 19.8 Å². The van der Waals surface area contributed by atoms with Gasteiger partial charge in [-0.3, -0.25) is 0 Å². The first-order chi connectivity index (χ1) is 9.24. The summed E-state index contributed by atoms with van der Waals surface area (Å²) >= 11 is 0. The van der Waals surface area contributed by atoms with E-state index in [2.05, 4.69) is 18.9 Å². The Morgan fingerprint density at radius 2 is 2.05 bits per heavy atom. The van der Waals surface area contributed by atoms with Crippen molar-refractivity contribution in [2.45, 2.75) is 64.0 Å². The van der Waals surface area contributed by atoms with Crippen LogP contribution in [-0.4, -0.2) is 43.8 Å². The minimum Gasteiger partial charge on any atom is -0.377 e. The number of ether oxygens (including phenoxy) is 1. The minimum absolute atomic E-state index is 0.458. The van der Waals surface area contributed by atoms with Crippen LogP contribution in [0.25, 0.3) is 0 Å². The molecule has 1 heterocycles. The van der Waals surface area contributed by atoms with E-state index < -0.39 is 0 Å². The smallest absolute Gasteiger partial charge is 0.0702 e. The van der Waals surface area contributed by atoms with E-state index in [0.29, 0.717) is 18.1 Å². The van der Waals surface area contributed by atoms with Gasteiger partial charge in [0, 0.05) is 19.2 Å². The Labute approximate surface area is 118 Å². The number of nitrogens with two attached hydrogens (primary N) is 1. The lowest BCUT2D eigenvalue weighted by atomic mass is 9.76. The Morgan fingerprint density at radius 3 is 2.68 bits per heavy atom. The summed E-state index contributed by atoms with van der Waals surface area (Å²) < 4.78 is 5.89. The van der Waals surface area contributed by atoms with Gasteiger partial charge in [-0.25, -0.2) is 0 Å². The monoisotopic (exact) mass is 268 g/mol. The number of hydrogen-bond donors (Lipinski definition) is 1. The average Bonchev–Trinajstić information content (AvgIpc) is 2.47. The van der Waals surface area contributed by atoms with E-state index in [0.717, 1.165) is 25.6 Å². The fourth-order valence-electron chi connectivity index (χ4n) is 3.89. The summed E-state index contributed by atoms with van der Waals surface area (Å²) in [4.78, 5) is 2.55. The lowest BCUT2D eigenvalue weighted by Crippen LogP contribution is -2.48. The fourth-order valence-corrected chi connectivity index (χ4v) is 3.89. The summed E-state index contributed by atoms with van der Waals surface area (Å²) in [7, 11) is 2.28. The van der Waals surface area contributed by atoms with Crippen LogP contribution in [0.3, 0.4) is 0 Å². The molecule has 0 amide bonds. The van der Waals surface area contributed by atoms with Crippen LogP contribution in [0.2, 0.25) is 0 Å². The lowest BCUT2D eigenvalue weighted by molar-refractivity contribution is -0.0196. The average molecular weight is 268 g/mol. The quantitative estimate of drug-likeness (QED) is 0.833. The molecule has 0 radical (unpaired) electrons. The summed E-state index contributed by atoms with van der Waals surface area (Å²) in [6.45, 7) is 5.23. The fraction of sp³-hybridized carbons (Fsp3) is 1.00. The number of rotatable bonds is 5. The maximum Gasteiger partial charge on any atom is 0.0702 e. The maximum atomic E-state index is 5.99. The van der Waals surface area contributed by atoms with Gasteiger partial charge >= 0.3 is 0 Å². The second kappa shape index (κ2) is 7.61. The van der Waals surface area contributed by atoms with Crippen LogP contribution >= 0.6 is 0 Å². The van der Waals surface area contributed by atoms with Gasteiger partial charge in [0.1, 0.15) is 0 Å². The van der Waals surface area contributed by atoms with E-state index >= 15 is 0 Å². The van der Waals surface area contributed by atoms with Gasteiger partial charge in [-0.15, -0.1) is 0 Å². The highest BCUT2D eigenvalue weighted by Gasteiger charge is 2.32. The third kappa shape index (κ3) is 4.17. The Morgan fingerprint density at radius 1 is 1.21 bits per heavy atom. The molecule has 0 spiro atoms. The summed E-state index contributed by atoms with van der Waals surface area (Å²) in [5.74, 6) is 1.60. The molecule has 0 bridgehead atoms. The van der Waals surface area contributed by atoms with Gasteiger partial charge in [0.05, 0.1) is 6.10 Å². The molecule has 1 saturated carbocycles. The standard InChI is InChI=1S/C16H32N2O/c1-3-13-7-8-14(11-17)16(10-13)18(2)12-15-6-4-5-9-19-15/h13-16H,3-12,17H2,1-2H3. The van der Waals surface area contributed by atoms with Crippen molar-refractivity contribution in [3.63, 3.8) is 0 Å². The van der Waals surface area contributed by atoms with E-state index in [1.165, 1.54) is 44.9 Å². The first-order valence-corrected chi connectivity index (χ1v) is 8.26. The molecule has 1 saturated heterocycles. The SMILES string of the molecule is CCC1CCC(CN)C(N(C)CC2CCCCO2)C1. The van der Waals surface area contributed by atoms with Crippen molar-refractivity contribution in [1.29, 1.82) is 0 Å². The van der Waals surface area contributed by atoms with Gasteiger partial charge in [-0.2, -0.15) is 0 Å². The first kappa shape index (κ1) is 15.3. The van der Waals surface area contributed by atoms with Gasteiger partial charge in [0.15, 0.2) is 0 Å². The third-order valence-corrected chi connectivity index (χ3v) is 5.28. The zero-order valence-electron chi connectivity index (χ0n) is 12.8. The first-order valence-electron chi connectivity index (χ1n) is 8.26. The van der Waals surface area contributed by atoms with Gasteiger partial charge in [0.25, 0.3) is 0 Å². The van der Waals surface area contributed by atoms with E-state index in [1.54, 1.807) is 0 Å². The highest BCUT2D eigenvalue weighted by Crippen LogP contribution is 2.33.